The molecule has 134 valence electrons. The number of hydrogen-bond donors (Lipinski definition) is 1. The molecule has 2 aliphatic rings. The second-order valence-electron chi connectivity index (χ2n) is 6.77. The number of nitro groups is 1. The third-order valence-electron chi connectivity index (χ3n) is 5.10. The van der Waals surface area contributed by atoms with Crippen LogP contribution >= 0.6 is 0 Å². The molecule has 0 aromatic heterocycles. The van der Waals surface area contributed by atoms with Gasteiger partial charge in [0, 0.05) is 18.2 Å². The number of hydrogen-bond acceptors (Lipinski definition) is 5. The lowest BCUT2D eigenvalue weighted by Crippen LogP contribution is -2.23. The van der Waals surface area contributed by atoms with Crippen LogP contribution in [0.25, 0.3) is 0 Å². The monoisotopic (exact) mass is 350 g/mol. The Morgan fingerprint density at radius 2 is 2.12 bits per heavy atom. The van der Waals surface area contributed by atoms with Gasteiger partial charge in [-0.15, -0.1) is 0 Å². The zero-order valence-corrected chi connectivity index (χ0v) is 13.6. The van der Waals surface area contributed by atoms with Crippen molar-refractivity contribution in [3.8, 4) is 0 Å². The van der Waals surface area contributed by atoms with Gasteiger partial charge < -0.3 is 10.1 Å². The summed E-state index contributed by atoms with van der Waals surface area (Å²) in [5.74, 6) is -0.319. The van der Waals surface area contributed by atoms with Gasteiger partial charge in [0.1, 0.15) is 0 Å². The number of nitro benzene ring substituents is 1. The van der Waals surface area contributed by atoms with Gasteiger partial charge in [-0.05, 0) is 49.1 Å². The molecule has 1 amide bonds. The van der Waals surface area contributed by atoms with Crippen LogP contribution in [0.4, 0.5) is 15.8 Å². The highest BCUT2D eigenvalue weighted by molar-refractivity contribution is 5.93. The van der Waals surface area contributed by atoms with E-state index >= 15 is 0 Å². The number of nitrogens with zero attached hydrogens (tertiary/aromatic N) is 1. The predicted molar refractivity (Wildman–Crippen MR) is 86.2 cm³/mol. The topological polar surface area (TPSA) is 98.5 Å². The van der Waals surface area contributed by atoms with Gasteiger partial charge in [-0.1, -0.05) is 6.42 Å². The minimum atomic E-state index is -0.986. The summed E-state index contributed by atoms with van der Waals surface area (Å²) >= 11 is 0. The lowest BCUT2D eigenvalue weighted by molar-refractivity contribution is -0.387. The first-order chi connectivity index (χ1) is 11.9. The van der Waals surface area contributed by atoms with Crippen LogP contribution in [0.3, 0.4) is 0 Å². The number of anilines is 1. The molecule has 2 saturated carbocycles. The predicted octanol–water partition coefficient (Wildman–Crippen LogP) is 3.04. The van der Waals surface area contributed by atoms with Crippen molar-refractivity contribution in [1.29, 1.82) is 0 Å². The highest BCUT2D eigenvalue weighted by Gasteiger charge is 2.40. The maximum absolute atomic E-state index is 13.2. The Balaban J connectivity index is 1.45. The van der Waals surface area contributed by atoms with E-state index in [1.807, 2.05) is 0 Å². The van der Waals surface area contributed by atoms with Gasteiger partial charge in [0.15, 0.2) is 6.61 Å². The molecule has 8 heteroatoms. The number of halogens is 1. The van der Waals surface area contributed by atoms with Crippen LogP contribution < -0.4 is 5.32 Å². The largest absolute Gasteiger partial charge is 0.456 e. The van der Waals surface area contributed by atoms with Crippen LogP contribution in [-0.4, -0.2) is 23.4 Å². The molecule has 3 rings (SSSR count). The third-order valence-corrected chi connectivity index (χ3v) is 5.10. The maximum atomic E-state index is 13.2. The maximum Gasteiger partial charge on any atom is 0.306 e. The number of carbonyl (C=O) groups is 2. The van der Waals surface area contributed by atoms with Crippen molar-refractivity contribution < 1.29 is 23.6 Å². The molecule has 0 heterocycles. The van der Waals surface area contributed by atoms with E-state index < -0.39 is 34.9 Å². The Morgan fingerprint density at radius 1 is 1.32 bits per heavy atom. The molecule has 2 aliphatic carbocycles. The molecule has 3 atom stereocenters. The first-order valence-electron chi connectivity index (χ1n) is 8.31. The summed E-state index contributed by atoms with van der Waals surface area (Å²) in [7, 11) is 0. The number of benzene rings is 1. The summed E-state index contributed by atoms with van der Waals surface area (Å²) in [5.41, 5.74) is -0.659. The molecule has 2 bridgehead atoms. The number of nitrogens with one attached hydrogen (secondary N) is 1. The Morgan fingerprint density at radius 3 is 2.76 bits per heavy atom. The first-order valence-corrected chi connectivity index (χ1v) is 8.31. The van der Waals surface area contributed by atoms with Crippen LogP contribution in [-0.2, 0) is 14.3 Å². The molecular weight excluding hydrogens is 331 g/mol. The molecule has 0 spiro atoms. The van der Waals surface area contributed by atoms with Crippen LogP contribution in [0.5, 0.6) is 0 Å². The van der Waals surface area contributed by atoms with Crippen molar-refractivity contribution >= 4 is 23.3 Å². The number of amides is 1. The van der Waals surface area contributed by atoms with Gasteiger partial charge in [0.25, 0.3) is 5.91 Å². The second-order valence-corrected chi connectivity index (χ2v) is 6.77. The molecule has 0 unspecified atom stereocenters. The standard InChI is InChI=1S/C17H19FN2O5/c18-14-4-3-13(8-15(14)20(23)24)19-16(21)9-25-17(22)7-12-6-10-1-2-11(12)5-10/h3-4,8,10-12H,1-2,5-7,9H2,(H,19,21)/t10-,11+,12+/m0/s1. The highest BCUT2D eigenvalue weighted by Crippen LogP contribution is 2.49. The van der Waals surface area contributed by atoms with Gasteiger partial charge in [0.2, 0.25) is 5.82 Å². The molecule has 7 nitrogen and oxygen atoms in total. The van der Waals surface area contributed by atoms with E-state index in [2.05, 4.69) is 5.32 Å². The van der Waals surface area contributed by atoms with E-state index in [1.54, 1.807) is 0 Å². The molecule has 1 aromatic carbocycles. The lowest BCUT2D eigenvalue weighted by atomic mass is 9.86. The van der Waals surface area contributed by atoms with E-state index in [1.165, 1.54) is 25.3 Å². The summed E-state index contributed by atoms with van der Waals surface area (Å²) in [6.07, 6.45) is 5.01. The molecule has 0 aliphatic heterocycles. The summed E-state index contributed by atoms with van der Waals surface area (Å²) in [6, 6.07) is 3.02. The van der Waals surface area contributed by atoms with E-state index in [4.69, 9.17) is 4.74 Å². The fourth-order valence-electron chi connectivity index (χ4n) is 3.97. The Labute approximate surface area is 143 Å². The van der Waals surface area contributed by atoms with Crippen LogP contribution in [0.1, 0.15) is 32.1 Å². The zero-order chi connectivity index (χ0) is 18.0. The van der Waals surface area contributed by atoms with Crippen molar-refractivity contribution in [2.45, 2.75) is 32.1 Å². The van der Waals surface area contributed by atoms with Crippen LogP contribution in [0.2, 0.25) is 0 Å². The minimum Gasteiger partial charge on any atom is -0.456 e. The van der Waals surface area contributed by atoms with Crippen molar-refractivity contribution in [2.75, 3.05) is 11.9 Å². The van der Waals surface area contributed by atoms with E-state index in [-0.39, 0.29) is 5.69 Å². The summed E-state index contributed by atoms with van der Waals surface area (Å²) in [4.78, 5) is 33.5. The first kappa shape index (κ1) is 17.3. The third kappa shape index (κ3) is 4.12. The number of fused-ring (bicyclic) bond motifs is 2. The van der Waals surface area contributed by atoms with Crippen LogP contribution in [0, 0.1) is 33.7 Å². The minimum absolute atomic E-state index is 0.0715. The Hall–Kier alpha value is -2.51. The lowest BCUT2D eigenvalue weighted by Gasteiger charge is -2.20. The molecule has 25 heavy (non-hydrogen) atoms. The quantitative estimate of drug-likeness (QED) is 0.483. The normalized spacial score (nSPS) is 24.1. The van der Waals surface area contributed by atoms with E-state index in [9.17, 15) is 24.1 Å². The van der Waals surface area contributed by atoms with Crippen molar-refractivity contribution in [2.24, 2.45) is 17.8 Å². The van der Waals surface area contributed by atoms with Gasteiger partial charge in [0.05, 0.1) is 4.92 Å². The SMILES string of the molecule is O=C(COC(=O)C[C@H]1C[C@H]2CC[C@@H]1C2)Nc1ccc(F)c([N+](=O)[O-])c1. The summed E-state index contributed by atoms with van der Waals surface area (Å²) in [5, 5.41) is 13.0. The Bertz CT molecular complexity index is 708. The Kier molecular flexibility index (Phi) is 4.96. The number of carbonyl (C=O) groups excluding carboxylic acids is 2. The molecule has 1 aromatic rings. The average molecular weight is 350 g/mol. The summed E-state index contributed by atoms with van der Waals surface area (Å²) in [6.45, 7) is -0.467. The number of rotatable bonds is 6. The smallest absolute Gasteiger partial charge is 0.306 e. The molecule has 0 saturated heterocycles. The highest BCUT2D eigenvalue weighted by atomic mass is 19.1. The second kappa shape index (κ2) is 7.16. The fourth-order valence-corrected chi connectivity index (χ4v) is 3.97. The average Bonchev–Trinajstić information content (AvgIpc) is 3.17. The van der Waals surface area contributed by atoms with E-state index in [0.29, 0.717) is 18.3 Å². The fraction of sp³-hybridized carbons (Fsp3) is 0.529. The van der Waals surface area contributed by atoms with Crippen molar-refractivity contribution in [1.82, 2.24) is 0 Å². The molecule has 0 radical (unpaired) electrons. The van der Waals surface area contributed by atoms with Gasteiger partial charge >= 0.3 is 11.7 Å². The molecule has 2 fully saturated rings. The van der Waals surface area contributed by atoms with Gasteiger partial charge in [-0.25, -0.2) is 0 Å². The molecular formula is C17H19FN2O5. The number of esters is 1. The van der Waals surface area contributed by atoms with Crippen LogP contribution in [0.15, 0.2) is 18.2 Å². The van der Waals surface area contributed by atoms with Gasteiger partial charge in [-0.3, -0.25) is 19.7 Å². The molecule has 1 N–H and O–H groups in total. The van der Waals surface area contributed by atoms with Crippen molar-refractivity contribution in [3.05, 3.63) is 34.1 Å². The van der Waals surface area contributed by atoms with Gasteiger partial charge in [-0.2, -0.15) is 4.39 Å². The number of ether oxygens (including phenoxy) is 1. The van der Waals surface area contributed by atoms with E-state index in [0.717, 1.165) is 24.5 Å². The summed E-state index contributed by atoms with van der Waals surface area (Å²) < 4.78 is 18.2. The van der Waals surface area contributed by atoms with Crippen molar-refractivity contribution in [3.63, 3.8) is 0 Å². The zero-order valence-electron chi connectivity index (χ0n) is 13.6.